The van der Waals surface area contributed by atoms with Crippen molar-refractivity contribution in [1.82, 2.24) is 14.9 Å². The Labute approximate surface area is 107 Å². The number of amides is 1. The summed E-state index contributed by atoms with van der Waals surface area (Å²) in [5.41, 5.74) is -0.782. The lowest BCUT2D eigenvalue weighted by Crippen LogP contribution is -2.53. The molecule has 0 radical (unpaired) electrons. The van der Waals surface area contributed by atoms with Crippen LogP contribution in [0.5, 0.6) is 0 Å². The molecule has 1 saturated heterocycles. The van der Waals surface area contributed by atoms with E-state index in [2.05, 4.69) is 37.7 Å². The molecule has 1 aromatic rings. The van der Waals surface area contributed by atoms with Crippen LogP contribution in [0.2, 0.25) is 0 Å². The summed E-state index contributed by atoms with van der Waals surface area (Å²) < 4.78 is 0. The van der Waals surface area contributed by atoms with Gasteiger partial charge in [0.2, 0.25) is 0 Å². The van der Waals surface area contributed by atoms with Gasteiger partial charge in [0.25, 0.3) is 0 Å². The molecule has 0 unspecified atom stereocenters. The maximum absolute atomic E-state index is 11.6. The molecule has 0 saturated carbocycles. The number of aromatic nitrogens is 2. The molecular formula is C13H21N3O2. The molecule has 2 N–H and O–H groups in total. The van der Waals surface area contributed by atoms with Crippen molar-refractivity contribution in [1.29, 1.82) is 0 Å². The standard InChI is InChI=1S/C13H21N3O2/c1-9-7-13(12(2,3)4,10-14-5-6-15-10)16(8-9)11(17)18/h5-6,9H,7-8H2,1-4H3,(H,14,15)(H,17,18)/t9-,13+/m0/s1. The van der Waals surface area contributed by atoms with Crippen LogP contribution < -0.4 is 0 Å². The molecular weight excluding hydrogens is 230 g/mol. The van der Waals surface area contributed by atoms with Crippen LogP contribution in [0.3, 0.4) is 0 Å². The first-order chi connectivity index (χ1) is 8.29. The minimum absolute atomic E-state index is 0.214. The summed E-state index contributed by atoms with van der Waals surface area (Å²) >= 11 is 0. The van der Waals surface area contributed by atoms with E-state index >= 15 is 0 Å². The normalized spacial score (nSPS) is 28.7. The highest BCUT2D eigenvalue weighted by atomic mass is 16.4. The Bertz CT molecular complexity index is 436. The minimum Gasteiger partial charge on any atom is -0.465 e. The van der Waals surface area contributed by atoms with Crippen molar-refractivity contribution >= 4 is 6.09 Å². The Morgan fingerprint density at radius 2 is 2.28 bits per heavy atom. The third-order valence-electron chi connectivity index (χ3n) is 3.96. The van der Waals surface area contributed by atoms with Crippen molar-refractivity contribution in [3.8, 4) is 0 Å². The zero-order chi connectivity index (χ0) is 13.6. The lowest BCUT2D eigenvalue weighted by atomic mass is 9.70. The summed E-state index contributed by atoms with van der Waals surface area (Å²) in [5.74, 6) is 1.09. The fourth-order valence-electron chi connectivity index (χ4n) is 3.17. The highest BCUT2D eigenvalue weighted by Crippen LogP contribution is 2.51. The van der Waals surface area contributed by atoms with Crippen LogP contribution in [0.25, 0.3) is 0 Å². The fourth-order valence-corrected chi connectivity index (χ4v) is 3.17. The largest absolute Gasteiger partial charge is 0.465 e. The second kappa shape index (κ2) is 4.00. The van der Waals surface area contributed by atoms with E-state index in [0.717, 1.165) is 12.2 Å². The summed E-state index contributed by atoms with van der Waals surface area (Å²) in [4.78, 5) is 20.6. The first kappa shape index (κ1) is 12.9. The number of hydrogen-bond acceptors (Lipinski definition) is 2. The van der Waals surface area contributed by atoms with Gasteiger partial charge in [-0.15, -0.1) is 0 Å². The van der Waals surface area contributed by atoms with Crippen molar-refractivity contribution in [2.75, 3.05) is 6.54 Å². The van der Waals surface area contributed by atoms with E-state index < -0.39 is 11.6 Å². The number of nitrogens with zero attached hydrogens (tertiary/aromatic N) is 2. The first-order valence-electron chi connectivity index (χ1n) is 6.29. The minimum atomic E-state index is -0.870. The van der Waals surface area contributed by atoms with E-state index in [0.29, 0.717) is 12.5 Å². The van der Waals surface area contributed by atoms with E-state index in [1.54, 1.807) is 17.3 Å². The van der Waals surface area contributed by atoms with Crippen molar-refractivity contribution < 1.29 is 9.90 Å². The highest BCUT2D eigenvalue weighted by molar-refractivity contribution is 5.67. The Balaban J connectivity index is 2.59. The molecule has 1 fully saturated rings. The molecule has 2 rings (SSSR count). The van der Waals surface area contributed by atoms with E-state index in [9.17, 15) is 9.90 Å². The van der Waals surface area contributed by atoms with Gasteiger partial charge in [0.05, 0.1) is 0 Å². The summed E-state index contributed by atoms with van der Waals surface area (Å²) in [6.07, 6.45) is 3.37. The molecule has 2 atom stereocenters. The van der Waals surface area contributed by atoms with E-state index in [-0.39, 0.29) is 5.41 Å². The number of rotatable bonds is 1. The Morgan fingerprint density at radius 3 is 2.72 bits per heavy atom. The molecule has 0 bridgehead atoms. The topological polar surface area (TPSA) is 69.2 Å². The lowest BCUT2D eigenvalue weighted by molar-refractivity contribution is 0.0215. The maximum atomic E-state index is 11.6. The van der Waals surface area contributed by atoms with Gasteiger partial charge in [0, 0.05) is 18.9 Å². The molecule has 18 heavy (non-hydrogen) atoms. The first-order valence-corrected chi connectivity index (χ1v) is 6.29. The van der Waals surface area contributed by atoms with Crippen LogP contribution in [0.15, 0.2) is 12.4 Å². The number of nitrogens with one attached hydrogen (secondary N) is 1. The van der Waals surface area contributed by atoms with Gasteiger partial charge in [0.1, 0.15) is 11.4 Å². The number of hydrogen-bond donors (Lipinski definition) is 2. The SMILES string of the molecule is C[C@@H]1CN(C(=O)O)[C@](c2ncc[nH]2)(C(C)(C)C)C1. The third-order valence-corrected chi connectivity index (χ3v) is 3.96. The van der Waals surface area contributed by atoms with Gasteiger partial charge in [-0.05, 0) is 17.8 Å². The van der Waals surface area contributed by atoms with Crippen LogP contribution in [-0.2, 0) is 5.54 Å². The van der Waals surface area contributed by atoms with Crippen LogP contribution in [0.4, 0.5) is 4.79 Å². The molecule has 0 spiro atoms. The van der Waals surface area contributed by atoms with Gasteiger partial charge in [-0.25, -0.2) is 9.78 Å². The van der Waals surface area contributed by atoms with Gasteiger partial charge >= 0.3 is 6.09 Å². The lowest BCUT2D eigenvalue weighted by Gasteiger charge is -2.45. The average molecular weight is 251 g/mol. The Hall–Kier alpha value is -1.52. The van der Waals surface area contributed by atoms with Crippen LogP contribution in [0.1, 0.15) is 39.9 Å². The summed E-state index contributed by atoms with van der Waals surface area (Å²) in [7, 11) is 0. The van der Waals surface area contributed by atoms with Crippen LogP contribution in [-0.4, -0.2) is 32.6 Å². The van der Waals surface area contributed by atoms with Gasteiger partial charge in [-0.1, -0.05) is 27.7 Å². The number of imidazole rings is 1. The van der Waals surface area contributed by atoms with Crippen molar-refractivity contribution in [2.24, 2.45) is 11.3 Å². The third kappa shape index (κ3) is 1.69. The number of aromatic amines is 1. The molecule has 0 aliphatic carbocycles. The predicted molar refractivity (Wildman–Crippen MR) is 68.2 cm³/mol. The fraction of sp³-hybridized carbons (Fsp3) is 0.692. The molecule has 1 aliphatic heterocycles. The maximum Gasteiger partial charge on any atom is 0.408 e. The molecule has 100 valence electrons. The zero-order valence-electron chi connectivity index (χ0n) is 11.4. The van der Waals surface area contributed by atoms with Crippen molar-refractivity contribution in [2.45, 2.75) is 39.7 Å². The van der Waals surface area contributed by atoms with Crippen LogP contribution >= 0.6 is 0 Å². The smallest absolute Gasteiger partial charge is 0.408 e. The predicted octanol–water partition coefficient (Wildman–Crippen LogP) is 2.67. The monoisotopic (exact) mass is 251 g/mol. The van der Waals surface area contributed by atoms with E-state index in [4.69, 9.17) is 0 Å². The molecule has 1 aromatic heterocycles. The number of carbonyl (C=O) groups is 1. The van der Waals surface area contributed by atoms with Crippen molar-refractivity contribution in [3.05, 3.63) is 18.2 Å². The summed E-state index contributed by atoms with van der Waals surface area (Å²) in [6.45, 7) is 8.87. The molecule has 1 amide bonds. The van der Waals surface area contributed by atoms with Gasteiger partial charge < -0.3 is 10.1 Å². The molecule has 2 heterocycles. The average Bonchev–Trinajstić information content (AvgIpc) is 2.82. The van der Waals surface area contributed by atoms with Gasteiger partial charge in [0.15, 0.2) is 0 Å². The molecule has 1 aliphatic rings. The van der Waals surface area contributed by atoms with Gasteiger partial charge in [-0.3, -0.25) is 4.90 Å². The molecule has 0 aromatic carbocycles. The van der Waals surface area contributed by atoms with E-state index in [1.165, 1.54) is 0 Å². The molecule has 5 nitrogen and oxygen atoms in total. The number of likely N-dealkylation sites (tertiary alicyclic amines) is 1. The van der Waals surface area contributed by atoms with E-state index in [1.807, 2.05) is 0 Å². The molecule has 5 heteroatoms. The van der Waals surface area contributed by atoms with Crippen LogP contribution in [0, 0.1) is 11.3 Å². The quantitative estimate of drug-likeness (QED) is 0.806. The number of carboxylic acid groups (broad SMARTS) is 1. The summed E-state index contributed by atoms with van der Waals surface area (Å²) in [6, 6.07) is 0. The second-order valence-corrected chi connectivity index (χ2v) is 6.25. The Kier molecular flexibility index (Phi) is 2.87. The second-order valence-electron chi connectivity index (χ2n) is 6.25. The number of H-pyrrole nitrogens is 1. The Morgan fingerprint density at radius 1 is 1.61 bits per heavy atom. The van der Waals surface area contributed by atoms with Gasteiger partial charge in [-0.2, -0.15) is 0 Å². The summed E-state index contributed by atoms with van der Waals surface area (Å²) in [5, 5.41) is 9.51. The van der Waals surface area contributed by atoms with Crippen molar-refractivity contribution in [3.63, 3.8) is 0 Å². The zero-order valence-corrected chi connectivity index (χ0v) is 11.4. The highest BCUT2D eigenvalue weighted by Gasteiger charge is 2.56.